The molecule has 3 rings (SSSR count). The molecule has 1 aromatic heterocycles. The lowest BCUT2D eigenvalue weighted by molar-refractivity contribution is 0.0996. The van der Waals surface area contributed by atoms with Gasteiger partial charge in [-0.25, -0.2) is 0 Å². The van der Waals surface area contributed by atoms with Crippen molar-refractivity contribution >= 4 is 17.5 Å². The molecule has 2 aromatic carbocycles. The smallest absolute Gasteiger partial charge is 0.271 e. The number of rotatable bonds is 3. The summed E-state index contributed by atoms with van der Waals surface area (Å²) >= 11 is 5.88. The number of nitrogens with one attached hydrogen (secondary N) is 1. The summed E-state index contributed by atoms with van der Waals surface area (Å²) in [5, 5.41) is 10.8. The van der Waals surface area contributed by atoms with Crippen molar-refractivity contribution in [2.75, 3.05) is 0 Å². The number of carbonyl (C=O) groups excluding carboxylic acids is 1. The van der Waals surface area contributed by atoms with Crippen molar-refractivity contribution in [3.8, 4) is 22.4 Å². The highest BCUT2D eigenvalue weighted by molar-refractivity contribution is 6.30. The Morgan fingerprint density at radius 2 is 1.43 bits per heavy atom. The Kier molecular flexibility index (Phi) is 3.41. The van der Waals surface area contributed by atoms with Crippen LogP contribution in [0.5, 0.6) is 0 Å². The van der Waals surface area contributed by atoms with Crippen LogP contribution in [0.15, 0.2) is 48.5 Å². The Bertz CT molecular complexity index is 778. The van der Waals surface area contributed by atoms with Crippen LogP contribution in [0.3, 0.4) is 0 Å². The molecule has 21 heavy (non-hydrogen) atoms. The summed E-state index contributed by atoms with van der Waals surface area (Å²) < 4.78 is 0. The van der Waals surface area contributed by atoms with E-state index in [4.69, 9.17) is 17.3 Å². The molecule has 104 valence electrons. The van der Waals surface area contributed by atoms with E-state index >= 15 is 0 Å². The third kappa shape index (κ3) is 2.64. The molecule has 0 bridgehead atoms. The van der Waals surface area contributed by atoms with Gasteiger partial charge in [0, 0.05) is 10.6 Å². The number of amides is 1. The molecule has 1 amide bonds. The predicted molar refractivity (Wildman–Crippen MR) is 80.8 cm³/mol. The number of hydrogen-bond donors (Lipinski definition) is 2. The van der Waals surface area contributed by atoms with Gasteiger partial charge in [-0.3, -0.25) is 4.79 Å². The highest BCUT2D eigenvalue weighted by atomic mass is 35.5. The first-order valence-corrected chi connectivity index (χ1v) is 6.60. The minimum absolute atomic E-state index is 0.134. The SMILES string of the molecule is NC(=O)c1n[nH]nc1-c1ccc(-c2ccc(Cl)cc2)cc1. The lowest BCUT2D eigenvalue weighted by Gasteiger charge is -2.03. The zero-order chi connectivity index (χ0) is 14.8. The molecule has 0 saturated carbocycles. The minimum Gasteiger partial charge on any atom is -0.364 e. The summed E-state index contributed by atoms with van der Waals surface area (Å²) in [7, 11) is 0. The van der Waals surface area contributed by atoms with Gasteiger partial charge in [0.25, 0.3) is 5.91 Å². The second-order valence-electron chi connectivity index (χ2n) is 4.47. The predicted octanol–water partition coefficient (Wildman–Crippen LogP) is 2.89. The monoisotopic (exact) mass is 298 g/mol. The first-order valence-electron chi connectivity index (χ1n) is 6.22. The summed E-state index contributed by atoms with van der Waals surface area (Å²) in [6.07, 6.45) is 0. The fraction of sp³-hybridized carbons (Fsp3) is 0. The van der Waals surface area contributed by atoms with Crippen LogP contribution >= 0.6 is 11.6 Å². The van der Waals surface area contributed by atoms with E-state index in [9.17, 15) is 4.79 Å². The number of benzene rings is 2. The number of hydrogen-bond acceptors (Lipinski definition) is 3. The summed E-state index contributed by atoms with van der Waals surface area (Å²) in [5.74, 6) is -0.611. The van der Waals surface area contributed by atoms with Crippen LogP contribution in [0.2, 0.25) is 5.02 Å². The first-order chi connectivity index (χ1) is 10.1. The standard InChI is InChI=1S/C15H11ClN4O/c16-12-7-5-10(6-8-12)9-1-3-11(4-2-9)13-14(15(17)21)19-20-18-13/h1-8H,(H2,17,21)(H,18,19,20). The normalized spacial score (nSPS) is 10.5. The Morgan fingerprint density at radius 1 is 0.905 bits per heavy atom. The number of carbonyl (C=O) groups is 1. The molecule has 3 N–H and O–H groups in total. The zero-order valence-electron chi connectivity index (χ0n) is 10.9. The maximum absolute atomic E-state index is 11.3. The summed E-state index contributed by atoms with van der Waals surface area (Å²) in [5.41, 5.74) is 8.71. The van der Waals surface area contributed by atoms with Crippen LogP contribution in [0.1, 0.15) is 10.5 Å². The summed E-state index contributed by atoms with van der Waals surface area (Å²) in [6.45, 7) is 0. The molecule has 3 aromatic rings. The van der Waals surface area contributed by atoms with Crippen molar-refractivity contribution in [1.82, 2.24) is 15.4 Å². The number of halogens is 1. The third-order valence-electron chi connectivity index (χ3n) is 3.12. The summed E-state index contributed by atoms with van der Waals surface area (Å²) in [6, 6.07) is 15.2. The molecule has 0 fully saturated rings. The quantitative estimate of drug-likeness (QED) is 0.779. The fourth-order valence-electron chi connectivity index (χ4n) is 2.07. The fourth-order valence-corrected chi connectivity index (χ4v) is 2.19. The molecular formula is C15H11ClN4O. The van der Waals surface area contributed by atoms with E-state index in [1.54, 1.807) is 0 Å². The molecule has 0 radical (unpaired) electrons. The van der Waals surface area contributed by atoms with Crippen molar-refractivity contribution in [1.29, 1.82) is 0 Å². The van der Waals surface area contributed by atoms with Crippen molar-refractivity contribution in [3.05, 3.63) is 59.2 Å². The number of aromatic nitrogens is 3. The lowest BCUT2D eigenvalue weighted by Crippen LogP contribution is -2.12. The van der Waals surface area contributed by atoms with Gasteiger partial charge < -0.3 is 5.73 Å². The van der Waals surface area contributed by atoms with E-state index in [2.05, 4.69) is 15.4 Å². The van der Waals surface area contributed by atoms with E-state index in [-0.39, 0.29) is 5.69 Å². The van der Waals surface area contributed by atoms with Crippen molar-refractivity contribution in [2.45, 2.75) is 0 Å². The van der Waals surface area contributed by atoms with Crippen LogP contribution in [0.25, 0.3) is 22.4 Å². The molecule has 0 aliphatic carbocycles. The molecule has 0 spiro atoms. The van der Waals surface area contributed by atoms with Gasteiger partial charge in [-0.1, -0.05) is 48.0 Å². The van der Waals surface area contributed by atoms with E-state index < -0.39 is 5.91 Å². The molecule has 1 heterocycles. The number of aromatic amines is 1. The second kappa shape index (κ2) is 5.38. The van der Waals surface area contributed by atoms with Crippen LogP contribution in [-0.4, -0.2) is 21.3 Å². The van der Waals surface area contributed by atoms with Gasteiger partial charge in [0.1, 0.15) is 5.69 Å². The summed E-state index contributed by atoms with van der Waals surface area (Å²) in [4.78, 5) is 11.3. The van der Waals surface area contributed by atoms with Crippen LogP contribution in [-0.2, 0) is 0 Å². The highest BCUT2D eigenvalue weighted by Crippen LogP contribution is 2.25. The minimum atomic E-state index is -0.611. The van der Waals surface area contributed by atoms with E-state index in [0.717, 1.165) is 16.7 Å². The number of primary amides is 1. The Balaban J connectivity index is 1.95. The molecule has 6 heteroatoms. The highest BCUT2D eigenvalue weighted by Gasteiger charge is 2.14. The van der Waals surface area contributed by atoms with Gasteiger partial charge in [-0.15, -0.1) is 0 Å². The van der Waals surface area contributed by atoms with Gasteiger partial charge in [0.05, 0.1) is 0 Å². The molecule has 0 aliphatic rings. The molecule has 0 aliphatic heterocycles. The van der Waals surface area contributed by atoms with Crippen molar-refractivity contribution in [3.63, 3.8) is 0 Å². The Morgan fingerprint density at radius 3 is 2.00 bits per heavy atom. The molecular weight excluding hydrogens is 288 g/mol. The van der Waals surface area contributed by atoms with E-state index in [1.807, 2.05) is 48.5 Å². The molecule has 0 unspecified atom stereocenters. The van der Waals surface area contributed by atoms with E-state index in [0.29, 0.717) is 10.7 Å². The van der Waals surface area contributed by atoms with Gasteiger partial charge >= 0.3 is 0 Å². The van der Waals surface area contributed by atoms with Crippen LogP contribution in [0.4, 0.5) is 0 Å². The number of nitrogens with two attached hydrogens (primary N) is 1. The average molecular weight is 299 g/mol. The number of nitrogens with zero attached hydrogens (tertiary/aromatic N) is 2. The lowest BCUT2D eigenvalue weighted by atomic mass is 10.0. The maximum atomic E-state index is 11.3. The van der Waals surface area contributed by atoms with Crippen LogP contribution < -0.4 is 5.73 Å². The zero-order valence-corrected chi connectivity index (χ0v) is 11.6. The van der Waals surface area contributed by atoms with E-state index in [1.165, 1.54) is 0 Å². The average Bonchev–Trinajstić information content (AvgIpc) is 2.98. The maximum Gasteiger partial charge on any atom is 0.271 e. The first kappa shape index (κ1) is 13.3. The molecule has 5 nitrogen and oxygen atoms in total. The van der Waals surface area contributed by atoms with Crippen molar-refractivity contribution in [2.24, 2.45) is 5.73 Å². The third-order valence-corrected chi connectivity index (χ3v) is 3.37. The molecule has 0 saturated heterocycles. The Hall–Kier alpha value is -2.66. The number of H-pyrrole nitrogens is 1. The van der Waals surface area contributed by atoms with Crippen molar-refractivity contribution < 1.29 is 4.79 Å². The second-order valence-corrected chi connectivity index (χ2v) is 4.91. The largest absolute Gasteiger partial charge is 0.364 e. The van der Waals surface area contributed by atoms with Gasteiger partial charge in [0.2, 0.25) is 0 Å². The topological polar surface area (TPSA) is 84.7 Å². The van der Waals surface area contributed by atoms with Gasteiger partial charge in [0.15, 0.2) is 5.69 Å². The Labute approximate surface area is 125 Å². The van der Waals surface area contributed by atoms with Gasteiger partial charge in [-0.05, 0) is 23.3 Å². The molecule has 0 atom stereocenters. The van der Waals surface area contributed by atoms with Crippen LogP contribution in [0, 0.1) is 0 Å². The van der Waals surface area contributed by atoms with Gasteiger partial charge in [-0.2, -0.15) is 15.4 Å².